The highest BCUT2D eigenvalue weighted by Crippen LogP contribution is 2.30. The van der Waals surface area contributed by atoms with E-state index in [1.807, 2.05) is 13.0 Å². The second-order valence-corrected chi connectivity index (χ2v) is 7.94. The second-order valence-electron chi connectivity index (χ2n) is 6.17. The van der Waals surface area contributed by atoms with Gasteiger partial charge in [0.25, 0.3) is 5.91 Å². The summed E-state index contributed by atoms with van der Waals surface area (Å²) in [7, 11) is 1.43. The number of nitriles is 1. The molecule has 0 unspecified atom stereocenters. The van der Waals surface area contributed by atoms with Crippen molar-refractivity contribution in [2.45, 2.75) is 13.3 Å². The van der Waals surface area contributed by atoms with Gasteiger partial charge in [0.1, 0.15) is 17.4 Å². The highest BCUT2D eigenvalue weighted by molar-refractivity contribution is 9.11. The number of halogens is 2. The summed E-state index contributed by atoms with van der Waals surface area (Å²) < 4.78 is 17.6. The van der Waals surface area contributed by atoms with E-state index in [1.165, 1.54) is 19.3 Å². The number of carbonyl (C=O) groups is 2. The van der Waals surface area contributed by atoms with Gasteiger partial charge in [0.2, 0.25) is 0 Å². The fourth-order valence-corrected chi connectivity index (χ4v) is 3.55. The van der Waals surface area contributed by atoms with E-state index in [-0.39, 0.29) is 23.7 Å². The predicted octanol–water partition coefficient (Wildman–Crippen LogP) is 4.64. The number of carbonyl (C=O) groups excluding carboxylic acids is 2. The standard InChI is InChI=1S/C22H20Br2N2O5/c1-3-8-26-22(28)15(12-25)9-14-4-6-19(20(10-14)29-2)31-21(27)13-30-18-7-5-16(23)11-17(18)24/h4-7,9-11H,3,8,13H2,1-2H3,(H,26,28)/b15-9+. The molecule has 0 aromatic heterocycles. The number of nitrogens with one attached hydrogen (secondary N) is 1. The third-order valence-electron chi connectivity index (χ3n) is 3.86. The van der Waals surface area contributed by atoms with Crippen molar-refractivity contribution >= 4 is 49.8 Å². The minimum Gasteiger partial charge on any atom is -0.493 e. The summed E-state index contributed by atoms with van der Waals surface area (Å²) in [6.45, 7) is 2.10. The molecule has 162 valence electrons. The van der Waals surface area contributed by atoms with E-state index in [4.69, 9.17) is 14.2 Å². The van der Waals surface area contributed by atoms with E-state index in [1.54, 1.807) is 30.3 Å². The van der Waals surface area contributed by atoms with Crippen LogP contribution in [-0.2, 0) is 9.59 Å². The number of hydrogen-bond donors (Lipinski definition) is 1. The summed E-state index contributed by atoms with van der Waals surface area (Å²) in [6, 6.07) is 11.9. The first-order valence-corrected chi connectivity index (χ1v) is 10.8. The molecular formula is C22H20Br2N2O5. The van der Waals surface area contributed by atoms with Gasteiger partial charge in [-0.2, -0.15) is 5.26 Å². The lowest BCUT2D eigenvalue weighted by Gasteiger charge is -2.11. The Morgan fingerprint density at radius 1 is 1.13 bits per heavy atom. The van der Waals surface area contributed by atoms with Gasteiger partial charge in [-0.3, -0.25) is 4.79 Å². The summed E-state index contributed by atoms with van der Waals surface area (Å²) in [4.78, 5) is 24.2. The zero-order valence-corrected chi connectivity index (χ0v) is 20.1. The van der Waals surface area contributed by atoms with Crippen molar-refractivity contribution in [2.75, 3.05) is 20.3 Å². The first-order chi connectivity index (χ1) is 14.9. The Morgan fingerprint density at radius 3 is 2.52 bits per heavy atom. The highest BCUT2D eigenvalue weighted by atomic mass is 79.9. The Labute approximate surface area is 197 Å². The lowest BCUT2D eigenvalue weighted by atomic mass is 10.1. The molecule has 0 saturated carbocycles. The van der Waals surface area contributed by atoms with Crippen LogP contribution in [0, 0.1) is 11.3 Å². The SMILES string of the molecule is CCCNC(=O)/C(C#N)=C/c1ccc(OC(=O)COc2ccc(Br)cc2Br)c(OC)c1. The van der Waals surface area contributed by atoms with Crippen LogP contribution in [0.1, 0.15) is 18.9 Å². The molecule has 0 atom stereocenters. The van der Waals surface area contributed by atoms with Gasteiger partial charge in [-0.25, -0.2) is 4.79 Å². The maximum atomic E-state index is 12.2. The molecule has 31 heavy (non-hydrogen) atoms. The van der Waals surface area contributed by atoms with E-state index in [2.05, 4.69) is 37.2 Å². The van der Waals surface area contributed by atoms with Crippen LogP contribution < -0.4 is 19.5 Å². The summed E-state index contributed by atoms with van der Waals surface area (Å²) in [6.07, 6.45) is 2.20. The van der Waals surface area contributed by atoms with Crippen molar-refractivity contribution < 1.29 is 23.8 Å². The second kappa shape index (κ2) is 12.1. The van der Waals surface area contributed by atoms with Crippen LogP contribution in [0.5, 0.6) is 17.2 Å². The van der Waals surface area contributed by atoms with Crippen LogP contribution in [-0.4, -0.2) is 32.1 Å². The number of hydrogen-bond acceptors (Lipinski definition) is 6. The summed E-state index contributed by atoms with van der Waals surface area (Å²) in [5.41, 5.74) is 0.517. The van der Waals surface area contributed by atoms with Crippen molar-refractivity contribution in [3.8, 4) is 23.3 Å². The van der Waals surface area contributed by atoms with Gasteiger partial charge in [0.05, 0.1) is 11.6 Å². The van der Waals surface area contributed by atoms with Crippen molar-refractivity contribution in [3.05, 3.63) is 56.5 Å². The van der Waals surface area contributed by atoms with E-state index < -0.39 is 11.9 Å². The van der Waals surface area contributed by atoms with E-state index in [9.17, 15) is 14.9 Å². The summed E-state index contributed by atoms with van der Waals surface area (Å²) >= 11 is 6.71. The third-order valence-corrected chi connectivity index (χ3v) is 4.98. The minimum atomic E-state index is -0.618. The number of nitrogens with zero attached hydrogens (tertiary/aromatic N) is 1. The van der Waals surface area contributed by atoms with Crippen molar-refractivity contribution in [2.24, 2.45) is 0 Å². The number of amides is 1. The lowest BCUT2D eigenvalue weighted by Crippen LogP contribution is -2.25. The van der Waals surface area contributed by atoms with Crippen LogP contribution in [0.2, 0.25) is 0 Å². The molecule has 2 rings (SSSR count). The molecule has 0 aliphatic heterocycles. The van der Waals surface area contributed by atoms with Gasteiger partial charge >= 0.3 is 5.97 Å². The van der Waals surface area contributed by atoms with E-state index >= 15 is 0 Å². The molecule has 0 spiro atoms. The van der Waals surface area contributed by atoms with Crippen LogP contribution >= 0.6 is 31.9 Å². The maximum absolute atomic E-state index is 12.2. The third kappa shape index (κ3) is 7.42. The fourth-order valence-electron chi connectivity index (χ4n) is 2.39. The van der Waals surface area contributed by atoms with E-state index in [0.717, 1.165) is 10.9 Å². The molecule has 2 aromatic carbocycles. The first-order valence-electron chi connectivity index (χ1n) is 9.24. The Bertz CT molecular complexity index is 1030. The van der Waals surface area contributed by atoms with E-state index in [0.29, 0.717) is 22.3 Å². The molecule has 0 heterocycles. The number of rotatable bonds is 9. The molecule has 0 bridgehead atoms. The monoisotopic (exact) mass is 550 g/mol. The normalized spacial score (nSPS) is 10.7. The van der Waals surface area contributed by atoms with Crippen molar-refractivity contribution in [1.82, 2.24) is 5.32 Å². The molecule has 0 aliphatic carbocycles. The average Bonchev–Trinajstić information content (AvgIpc) is 2.75. The molecule has 0 saturated heterocycles. The Balaban J connectivity index is 2.08. The molecule has 0 fully saturated rings. The average molecular weight is 552 g/mol. The Kier molecular flexibility index (Phi) is 9.56. The first kappa shape index (κ1) is 24.4. The molecule has 1 N–H and O–H groups in total. The summed E-state index contributed by atoms with van der Waals surface area (Å²) in [5, 5.41) is 11.9. The number of methoxy groups -OCH3 is 1. The number of benzene rings is 2. The fraction of sp³-hybridized carbons (Fsp3) is 0.227. The Hall–Kier alpha value is -2.83. The van der Waals surface area contributed by atoms with Gasteiger partial charge in [0.15, 0.2) is 18.1 Å². The molecule has 2 aromatic rings. The van der Waals surface area contributed by atoms with Crippen molar-refractivity contribution in [1.29, 1.82) is 5.26 Å². The quantitative estimate of drug-likeness (QED) is 0.211. The van der Waals surface area contributed by atoms with Gasteiger partial charge in [-0.15, -0.1) is 0 Å². The molecule has 0 radical (unpaired) electrons. The maximum Gasteiger partial charge on any atom is 0.349 e. The van der Waals surface area contributed by atoms with Crippen LogP contribution in [0.15, 0.2) is 50.9 Å². The van der Waals surface area contributed by atoms with Crippen molar-refractivity contribution in [3.63, 3.8) is 0 Å². The summed E-state index contributed by atoms with van der Waals surface area (Å²) in [5.74, 6) is -0.101. The largest absolute Gasteiger partial charge is 0.493 e. The van der Waals surface area contributed by atoms with Gasteiger partial charge in [-0.05, 0) is 64.3 Å². The zero-order chi connectivity index (χ0) is 22.8. The molecule has 9 heteroatoms. The molecule has 7 nitrogen and oxygen atoms in total. The minimum absolute atomic E-state index is 0.0336. The zero-order valence-electron chi connectivity index (χ0n) is 16.9. The topological polar surface area (TPSA) is 97.7 Å². The van der Waals surface area contributed by atoms with Crippen LogP contribution in [0.25, 0.3) is 6.08 Å². The lowest BCUT2D eigenvalue weighted by molar-refractivity contribution is -0.136. The predicted molar refractivity (Wildman–Crippen MR) is 123 cm³/mol. The number of esters is 1. The number of ether oxygens (including phenoxy) is 3. The van der Waals surface area contributed by atoms with Gasteiger partial charge in [-0.1, -0.05) is 28.9 Å². The van der Waals surface area contributed by atoms with Crippen LogP contribution in [0.3, 0.4) is 0 Å². The molecular weight excluding hydrogens is 532 g/mol. The molecule has 1 amide bonds. The smallest absolute Gasteiger partial charge is 0.349 e. The molecule has 0 aliphatic rings. The van der Waals surface area contributed by atoms with Crippen LogP contribution in [0.4, 0.5) is 0 Å². The Morgan fingerprint density at radius 2 is 1.87 bits per heavy atom. The van der Waals surface area contributed by atoms with Gasteiger partial charge in [0, 0.05) is 11.0 Å². The highest BCUT2D eigenvalue weighted by Gasteiger charge is 2.14. The van der Waals surface area contributed by atoms with Gasteiger partial charge < -0.3 is 19.5 Å².